The molecule has 0 saturated carbocycles. The van der Waals surface area contributed by atoms with Crippen LogP contribution in [0, 0.1) is 17.0 Å². The zero-order chi connectivity index (χ0) is 16.3. The summed E-state index contributed by atoms with van der Waals surface area (Å²) >= 11 is 0. The Bertz CT molecular complexity index is 779. The molecule has 2 N–H and O–H groups in total. The van der Waals surface area contributed by atoms with Crippen molar-refractivity contribution in [2.45, 2.75) is 6.92 Å². The van der Waals surface area contributed by atoms with Crippen LogP contribution in [0.2, 0.25) is 0 Å². The van der Waals surface area contributed by atoms with Crippen molar-refractivity contribution >= 4 is 23.6 Å². The Balaban J connectivity index is 2.41. The first-order valence-electron chi connectivity index (χ1n) is 6.24. The van der Waals surface area contributed by atoms with E-state index in [0.717, 1.165) is 5.56 Å². The highest BCUT2D eigenvalue weighted by molar-refractivity contribution is 5.91. The average molecular weight is 300 g/mol. The van der Waals surface area contributed by atoms with E-state index in [1.807, 2.05) is 0 Å². The smallest absolute Gasteiger partial charge is 0.335 e. The number of carboxylic acid groups (broad SMARTS) is 1. The summed E-state index contributed by atoms with van der Waals surface area (Å²) in [5.41, 5.74) is 0.993. The third-order valence-corrected chi connectivity index (χ3v) is 3.04. The molecule has 22 heavy (non-hydrogen) atoms. The number of rotatable bonds is 4. The first kappa shape index (κ1) is 15.2. The minimum atomic E-state index is -1.07. The molecule has 2 rings (SSSR count). The number of phenolic OH excluding ortho intramolecular Hbond substituents is 1. The zero-order valence-corrected chi connectivity index (χ0v) is 11.6. The van der Waals surface area contributed by atoms with E-state index in [0.29, 0.717) is 5.69 Å². The predicted molar refractivity (Wildman–Crippen MR) is 80.2 cm³/mol. The molecule has 0 atom stereocenters. The van der Waals surface area contributed by atoms with Crippen LogP contribution in [-0.4, -0.2) is 27.3 Å². The lowest BCUT2D eigenvalue weighted by molar-refractivity contribution is -0.385. The number of aliphatic imine (C=N–C) groups is 1. The number of aromatic hydroxyl groups is 1. The second-order valence-corrected chi connectivity index (χ2v) is 4.54. The summed E-state index contributed by atoms with van der Waals surface area (Å²) in [7, 11) is 0. The fourth-order valence-electron chi connectivity index (χ4n) is 1.82. The molecule has 0 aliphatic rings. The molecule has 2 aromatic rings. The molecule has 2 aromatic carbocycles. The van der Waals surface area contributed by atoms with Crippen molar-refractivity contribution in [3.8, 4) is 5.75 Å². The zero-order valence-electron chi connectivity index (χ0n) is 11.6. The van der Waals surface area contributed by atoms with Gasteiger partial charge in [0.05, 0.1) is 16.2 Å². The summed E-state index contributed by atoms with van der Waals surface area (Å²) in [6.45, 7) is 1.76. The predicted octanol–water partition coefficient (Wildman–Crippen LogP) is 3.06. The van der Waals surface area contributed by atoms with Gasteiger partial charge in [-0.1, -0.05) is 12.1 Å². The molecule has 0 unspecified atom stereocenters. The van der Waals surface area contributed by atoms with Crippen molar-refractivity contribution in [2.75, 3.05) is 0 Å². The Hall–Kier alpha value is -3.22. The Morgan fingerprint density at radius 1 is 1.32 bits per heavy atom. The number of carbonyl (C=O) groups is 1. The van der Waals surface area contributed by atoms with Crippen LogP contribution in [0.3, 0.4) is 0 Å². The van der Waals surface area contributed by atoms with E-state index >= 15 is 0 Å². The quantitative estimate of drug-likeness (QED) is 0.512. The second kappa shape index (κ2) is 6.04. The molecule has 0 aliphatic heterocycles. The number of carboxylic acids is 1. The fraction of sp³-hybridized carbons (Fsp3) is 0.0667. The Morgan fingerprint density at radius 2 is 2.05 bits per heavy atom. The maximum Gasteiger partial charge on any atom is 0.335 e. The van der Waals surface area contributed by atoms with Crippen LogP contribution in [0.1, 0.15) is 21.5 Å². The Kier molecular flexibility index (Phi) is 4.17. The highest BCUT2D eigenvalue weighted by Crippen LogP contribution is 2.29. The molecule has 0 radical (unpaired) electrons. The van der Waals surface area contributed by atoms with Crippen molar-refractivity contribution in [3.05, 3.63) is 63.2 Å². The van der Waals surface area contributed by atoms with E-state index < -0.39 is 22.3 Å². The lowest BCUT2D eigenvalue weighted by atomic mass is 10.1. The minimum absolute atomic E-state index is 0.0843. The van der Waals surface area contributed by atoms with Gasteiger partial charge in [0.25, 0.3) is 0 Å². The van der Waals surface area contributed by atoms with Crippen LogP contribution in [0.4, 0.5) is 11.4 Å². The number of benzene rings is 2. The largest absolute Gasteiger partial charge is 0.502 e. The summed E-state index contributed by atoms with van der Waals surface area (Å²) in [5, 5.41) is 29.5. The van der Waals surface area contributed by atoms with Crippen LogP contribution in [0.25, 0.3) is 0 Å². The van der Waals surface area contributed by atoms with Gasteiger partial charge in [0.15, 0.2) is 0 Å². The van der Waals surface area contributed by atoms with E-state index in [-0.39, 0.29) is 11.1 Å². The molecule has 0 spiro atoms. The number of phenols is 1. The lowest BCUT2D eigenvalue weighted by Gasteiger charge is -2.03. The molecular weight excluding hydrogens is 288 g/mol. The molecule has 0 aromatic heterocycles. The van der Waals surface area contributed by atoms with Crippen LogP contribution in [0.15, 0.2) is 41.4 Å². The normalized spacial score (nSPS) is 10.8. The summed E-state index contributed by atoms with van der Waals surface area (Å²) in [4.78, 5) is 25.1. The van der Waals surface area contributed by atoms with Crippen molar-refractivity contribution < 1.29 is 19.9 Å². The fourth-order valence-corrected chi connectivity index (χ4v) is 1.82. The van der Waals surface area contributed by atoms with Gasteiger partial charge in [0.2, 0.25) is 5.75 Å². The van der Waals surface area contributed by atoms with E-state index in [1.54, 1.807) is 13.0 Å². The average Bonchev–Trinajstić information content (AvgIpc) is 2.47. The molecule has 0 aliphatic carbocycles. The maximum atomic E-state index is 10.9. The van der Waals surface area contributed by atoms with Gasteiger partial charge < -0.3 is 10.2 Å². The second-order valence-electron chi connectivity index (χ2n) is 4.54. The monoisotopic (exact) mass is 300 g/mol. The van der Waals surface area contributed by atoms with Gasteiger partial charge in [0, 0.05) is 17.8 Å². The molecule has 7 nitrogen and oxygen atoms in total. The van der Waals surface area contributed by atoms with Crippen LogP contribution >= 0.6 is 0 Å². The van der Waals surface area contributed by atoms with Crippen molar-refractivity contribution in [2.24, 2.45) is 4.99 Å². The van der Waals surface area contributed by atoms with Crippen molar-refractivity contribution in [1.29, 1.82) is 0 Å². The summed E-state index contributed by atoms with van der Waals surface area (Å²) in [6, 6.07) is 8.55. The van der Waals surface area contributed by atoms with Gasteiger partial charge >= 0.3 is 11.7 Å². The van der Waals surface area contributed by atoms with Gasteiger partial charge in [-0.05, 0) is 30.7 Å². The standard InChI is InChI=1S/C15H12N2O5/c1-9-5-6-10(15(19)20)7-12(9)16-8-11-3-2-4-13(14(11)18)17(21)22/h2-8,18H,1H3,(H,19,20). The number of hydrogen-bond donors (Lipinski definition) is 2. The third-order valence-electron chi connectivity index (χ3n) is 3.04. The summed E-state index contributed by atoms with van der Waals surface area (Å²) in [5.74, 6) is -1.56. The van der Waals surface area contributed by atoms with Gasteiger partial charge in [-0.15, -0.1) is 0 Å². The molecule has 0 heterocycles. The van der Waals surface area contributed by atoms with E-state index in [9.17, 15) is 20.0 Å². The molecule has 0 bridgehead atoms. The Morgan fingerprint density at radius 3 is 2.68 bits per heavy atom. The molecular formula is C15H12N2O5. The SMILES string of the molecule is Cc1ccc(C(=O)O)cc1N=Cc1cccc([N+](=O)[O-])c1O. The van der Waals surface area contributed by atoms with E-state index in [1.165, 1.54) is 36.5 Å². The highest BCUT2D eigenvalue weighted by Gasteiger charge is 2.15. The number of hydrogen-bond acceptors (Lipinski definition) is 5. The molecule has 7 heteroatoms. The van der Waals surface area contributed by atoms with Crippen LogP contribution in [0.5, 0.6) is 5.75 Å². The van der Waals surface area contributed by atoms with E-state index in [2.05, 4.69) is 4.99 Å². The first-order valence-corrected chi connectivity index (χ1v) is 6.24. The number of aryl methyl sites for hydroxylation is 1. The topological polar surface area (TPSA) is 113 Å². The lowest BCUT2D eigenvalue weighted by Crippen LogP contribution is -1.96. The van der Waals surface area contributed by atoms with Crippen LogP contribution < -0.4 is 0 Å². The minimum Gasteiger partial charge on any atom is -0.502 e. The number of para-hydroxylation sites is 1. The Labute approximate surface area is 125 Å². The summed E-state index contributed by atoms with van der Waals surface area (Å²) in [6.07, 6.45) is 1.26. The number of nitro benzene ring substituents is 1. The van der Waals surface area contributed by atoms with E-state index in [4.69, 9.17) is 5.11 Å². The third kappa shape index (κ3) is 3.09. The maximum absolute atomic E-state index is 10.9. The van der Waals surface area contributed by atoms with Gasteiger partial charge in [-0.2, -0.15) is 0 Å². The van der Waals surface area contributed by atoms with Gasteiger partial charge in [-0.25, -0.2) is 4.79 Å². The molecule has 0 saturated heterocycles. The number of nitro groups is 1. The van der Waals surface area contributed by atoms with Gasteiger partial charge in [-0.3, -0.25) is 15.1 Å². The first-order chi connectivity index (χ1) is 10.4. The van der Waals surface area contributed by atoms with Crippen molar-refractivity contribution in [1.82, 2.24) is 0 Å². The molecule has 112 valence electrons. The summed E-state index contributed by atoms with van der Waals surface area (Å²) < 4.78 is 0. The van der Waals surface area contributed by atoms with Crippen LogP contribution in [-0.2, 0) is 0 Å². The van der Waals surface area contributed by atoms with Crippen molar-refractivity contribution in [3.63, 3.8) is 0 Å². The number of aromatic carboxylic acids is 1. The molecule has 0 amide bonds. The molecule has 0 fully saturated rings. The highest BCUT2D eigenvalue weighted by atomic mass is 16.6. The number of nitrogens with zero attached hydrogens (tertiary/aromatic N) is 2. The van der Waals surface area contributed by atoms with Gasteiger partial charge in [0.1, 0.15) is 0 Å².